The molecule has 2 N–H and O–H groups in total. The first-order chi connectivity index (χ1) is 9.98. The number of aliphatic hydroxyl groups is 1. The molecule has 0 saturated carbocycles. The predicted octanol–water partition coefficient (Wildman–Crippen LogP) is 2.01. The first kappa shape index (κ1) is 14.1. The van der Waals surface area contributed by atoms with Crippen LogP contribution in [0.15, 0.2) is 28.7 Å². The number of furan rings is 1. The number of aryl methyl sites for hydroxylation is 1. The lowest BCUT2D eigenvalue weighted by atomic mass is 9.97. The molecule has 2 heterocycles. The molecule has 2 unspecified atom stereocenters. The van der Waals surface area contributed by atoms with Crippen molar-refractivity contribution in [3.05, 3.63) is 35.6 Å². The third-order valence-corrected chi connectivity index (χ3v) is 4.11. The Balaban J connectivity index is 1.72. The van der Waals surface area contributed by atoms with Gasteiger partial charge < -0.3 is 19.6 Å². The van der Waals surface area contributed by atoms with Gasteiger partial charge in [0.2, 0.25) is 0 Å². The number of hydrogen-bond donors (Lipinski definition) is 2. The highest BCUT2D eigenvalue weighted by Gasteiger charge is 2.39. The number of nitrogens with one attached hydrogen (secondary N) is 1. The van der Waals surface area contributed by atoms with E-state index in [1.54, 1.807) is 6.07 Å². The van der Waals surface area contributed by atoms with Crippen molar-refractivity contribution in [1.82, 2.24) is 5.32 Å². The maximum Gasteiger partial charge on any atom is 0.287 e. The van der Waals surface area contributed by atoms with E-state index in [0.717, 1.165) is 10.9 Å². The van der Waals surface area contributed by atoms with Crippen LogP contribution in [0.5, 0.6) is 0 Å². The molecule has 5 nitrogen and oxygen atoms in total. The van der Waals surface area contributed by atoms with Crippen molar-refractivity contribution in [3.8, 4) is 0 Å². The largest absolute Gasteiger partial charge is 0.451 e. The fourth-order valence-corrected chi connectivity index (χ4v) is 2.60. The summed E-state index contributed by atoms with van der Waals surface area (Å²) in [4.78, 5) is 12.1. The Bertz CT molecular complexity index is 678. The van der Waals surface area contributed by atoms with Crippen LogP contribution in [0.1, 0.15) is 29.5 Å². The summed E-state index contributed by atoms with van der Waals surface area (Å²) >= 11 is 0. The number of carbonyl (C=O) groups excluding carboxylic acids is 1. The second kappa shape index (κ2) is 5.16. The molecule has 0 bridgehead atoms. The lowest BCUT2D eigenvalue weighted by Gasteiger charge is -2.25. The molecule has 3 rings (SSSR count). The van der Waals surface area contributed by atoms with Crippen LogP contribution in [0.25, 0.3) is 11.0 Å². The molecule has 0 aliphatic carbocycles. The van der Waals surface area contributed by atoms with Gasteiger partial charge in [-0.15, -0.1) is 0 Å². The first-order valence-corrected chi connectivity index (χ1v) is 7.10. The number of carbonyl (C=O) groups is 1. The van der Waals surface area contributed by atoms with Crippen molar-refractivity contribution < 1.29 is 19.1 Å². The molecule has 1 aromatic heterocycles. The molecule has 1 saturated heterocycles. The summed E-state index contributed by atoms with van der Waals surface area (Å²) in [5.74, 6) is -0.0675. The van der Waals surface area contributed by atoms with E-state index in [9.17, 15) is 9.90 Å². The van der Waals surface area contributed by atoms with Crippen LogP contribution in [0.4, 0.5) is 0 Å². The summed E-state index contributed by atoms with van der Waals surface area (Å²) in [7, 11) is 0. The van der Waals surface area contributed by atoms with Gasteiger partial charge in [0.25, 0.3) is 5.91 Å². The zero-order valence-electron chi connectivity index (χ0n) is 12.2. The van der Waals surface area contributed by atoms with Gasteiger partial charge >= 0.3 is 0 Å². The minimum absolute atomic E-state index is 0.156. The lowest BCUT2D eigenvalue weighted by Crippen LogP contribution is -2.47. The molecule has 21 heavy (non-hydrogen) atoms. The molecule has 0 radical (unpaired) electrons. The number of fused-ring (bicyclic) bond motifs is 1. The van der Waals surface area contributed by atoms with Gasteiger partial charge in [0.05, 0.1) is 6.10 Å². The molecule has 1 fully saturated rings. The highest BCUT2D eigenvalue weighted by Crippen LogP contribution is 2.25. The van der Waals surface area contributed by atoms with Crippen LogP contribution in [0.2, 0.25) is 0 Å². The van der Waals surface area contributed by atoms with E-state index >= 15 is 0 Å². The van der Waals surface area contributed by atoms with E-state index < -0.39 is 5.60 Å². The van der Waals surface area contributed by atoms with E-state index in [2.05, 4.69) is 5.32 Å². The molecule has 1 amide bonds. The third-order valence-electron chi connectivity index (χ3n) is 4.11. The van der Waals surface area contributed by atoms with Crippen LogP contribution < -0.4 is 5.32 Å². The second-order valence-corrected chi connectivity index (χ2v) is 5.70. The van der Waals surface area contributed by atoms with Gasteiger partial charge in [0.1, 0.15) is 11.2 Å². The van der Waals surface area contributed by atoms with Crippen molar-refractivity contribution in [3.63, 3.8) is 0 Å². The quantitative estimate of drug-likeness (QED) is 0.906. The molecular weight excluding hydrogens is 270 g/mol. The summed E-state index contributed by atoms with van der Waals surface area (Å²) in [6, 6.07) is 7.47. The number of ether oxygens (including phenoxy) is 1. The van der Waals surface area contributed by atoms with Gasteiger partial charge in [-0.1, -0.05) is 11.6 Å². The van der Waals surface area contributed by atoms with Crippen LogP contribution in [0, 0.1) is 6.92 Å². The van der Waals surface area contributed by atoms with Gasteiger partial charge in [-0.05, 0) is 32.0 Å². The maximum atomic E-state index is 12.1. The van der Waals surface area contributed by atoms with Crippen molar-refractivity contribution in [2.75, 3.05) is 13.2 Å². The summed E-state index contributed by atoms with van der Waals surface area (Å²) in [5, 5.41) is 14.0. The summed E-state index contributed by atoms with van der Waals surface area (Å²) in [6.07, 6.45) is 0.240. The standard InChI is InChI=1S/C16H19NO4/c1-10-3-4-13-12(7-10)8-14(21-13)15(18)17-9-16(19)5-6-20-11(16)2/h3-4,7-8,11,19H,5-6,9H2,1-2H3,(H,17,18). The monoisotopic (exact) mass is 289 g/mol. The molecule has 1 aliphatic rings. The van der Waals surface area contributed by atoms with Crippen LogP contribution in [0.3, 0.4) is 0 Å². The smallest absolute Gasteiger partial charge is 0.287 e. The average molecular weight is 289 g/mol. The maximum absolute atomic E-state index is 12.1. The van der Waals surface area contributed by atoms with E-state index in [0.29, 0.717) is 18.6 Å². The number of rotatable bonds is 3. The second-order valence-electron chi connectivity index (χ2n) is 5.70. The van der Waals surface area contributed by atoms with E-state index in [-0.39, 0.29) is 24.3 Å². The average Bonchev–Trinajstić information content (AvgIpc) is 3.01. The zero-order valence-corrected chi connectivity index (χ0v) is 12.2. The summed E-state index contributed by atoms with van der Waals surface area (Å²) < 4.78 is 10.9. The number of amides is 1. The summed E-state index contributed by atoms with van der Waals surface area (Å²) in [5.41, 5.74) is 0.793. The molecule has 5 heteroatoms. The Labute approximate surface area is 122 Å². The van der Waals surface area contributed by atoms with E-state index in [1.807, 2.05) is 32.0 Å². The normalized spacial score (nSPS) is 25.4. The van der Waals surface area contributed by atoms with Crippen molar-refractivity contribution >= 4 is 16.9 Å². The molecule has 1 aliphatic heterocycles. The van der Waals surface area contributed by atoms with Crippen LogP contribution in [-0.4, -0.2) is 35.9 Å². The fourth-order valence-electron chi connectivity index (χ4n) is 2.60. The Morgan fingerprint density at radius 1 is 1.48 bits per heavy atom. The Morgan fingerprint density at radius 3 is 3.00 bits per heavy atom. The number of hydrogen-bond acceptors (Lipinski definition) is 4. The number of benzene rings is 1. The van der Waals surface area contributed by atoms with Gasteiger partial charge in [-0.25, -0.2) is 0 Å². The van der Waals surface area contributed by atoms with E-state index in [4.69, 9.17) is 9.15 Å². The van der Waals surface area contributed by atoms with Crippen LogP contribution >= 0.6 is 0 Å². The zero-order chi connectivity index (χ0) is 15.0. The molecule has 0 spiro atoms. The molecular formula is C16H19NO4. The minimum atomic E-state index is -1.00. The highest BCUT2D eigenvalue weighted by molar-refractivity contribution is 5.96. The Hall–Kier alpha value is -1.85. The van der Waals surface area contributed by atoms with Gasteiger partial charge in [0.15, 0.2) is 5.76 Å². The minimum Gasteiger partial charge on any atom is -0.451 e. The van der Waals surface area contributed by atoms with Crippen LogP contribution in [-0.2, 0) is 4.74 Å². The topological polar surface area (TPSA) is 71.7 Å². The Morgan fingerprint density at radius 2 is 2.29 bits per heavy atom. The predicted molar refractivity (Wildman–Crippen MR) is 78.3 cm³/mol. The lowest BCUT2D eigenvalue weighted by molar-refractivity contribution is -0.0252. The highest BCUT2D eigenvalue weighted by atomic mass is 16.5. The van der Waals surface area contributed by atoms with Crippen molar-refractivity contribution in [2.45, 2.75) is 32.0 Å². The molecule has 1 aromatic carbocycles. The van der Waals surface area contributed by atoms with Crippen molar-refractivity contribution in [1.29, 1.82) is 0 Å². The third kappa shape index (κ3) is 2.66. The van der Waals surface area contributed by atoms with Gasteiger partial charge in [-0.2, -0.15) is 0 Å². The molecule has 112 valence electrons. The fraction of sp³-hybridized carbons (Fsp3) is 0.438. The van der Waals surface area contributed by atoms with E-state index in [1.165, 1.54) is 0 Å². The Kier molecular flexibility index (Phi) is 3.47. The molecule has 2 atom stereocenters. The summed E-state index contributed by atoms with van der Waals surface area (Å²) in [6.45, 7) is 4.47. The first-order valence-electron chi connectivity index (χ1n) is 7.10. The van der Waals surface area contributed by atoms with Gasteiger partial charge in [0, 0.05) is 25.0 Å². The van der Waals surface area contributed by atoms with Gasteiger partial charge in [-0.3, -0.25) is 4.79 Å². The molecule has 2 aromatic rings. The SMILES string of the molecule is Cc1ccc2oc(C(=O)NCC3(O)CCOC3C)cc2c1. The van der Waals surface area contributed by atoms with Crippen molar-refractivity contribution in [2.24, 2.45) is 0 Å².